The molecule has 9 nitrogen and oxygen atoms in total. The van der Waals surface area contributed by atoms with Crippen molar-refractivity contribution >= 4 is 24.0 Å². The zero-order valence-electron chi connectivity index (χ0n) is 21.4. The van der Waals surface area contributed by atoms with Crippen molar-refractivity contribution in [2.75, 3.05) is 7.11 Å². The molecule has 192 valence electrons. The fraction of sp³-hybridized carbons (Fsp3) is 0.385. The lowest BCUT2D eigenvalue weighted by Gasteiger charge is -2.38. The first-order valence-electron chi connectivity index (χ1n) is 11.3. The predicted molar refractivity (Wildman–Crippen MR) is 129 cm³/mol. The van der Waals surface area contributed by atoms with Crippen molar-refractivity contribution in [1.29, 1.82) is 0 Å². The van der Waals surface area contributed by atoms with Crippen LogP contribution < -0.4 is 0 Å². The highest BCUT2D eigenvalue weighted by molar-refractivity contribution is 6.11. The first kappa shape index (κ1) is 26.7. The standard InChI is InChI=1S/C26H30FN3O6/c1-24(2,3)35-22(32)29-20(17-13-15-19(27)16-14-17)28-26(21(31)34-7,18-11-9-8-10-12-18)30(29)23(33)36-25(4,5)6/h8-16H,1-7H3/t26-/m1/s1. The normalized spacial score (nSPS) is 17.9. The van der Waals surface area contributed by atoms with Gasteiger partial charge in [-0.2, -0.15) is 10.0 Å². The Morgan fingerprint density at radius 1 is 0.833 bits per heavy atom. The SMILES string of the molecule is COC(=O)[C@]1(c2ccccc2)N=C(c2ccc(F)cc2)N(C(=O)OC(C)(C)C)N1C(=O)OC(C)(C)C. The zero-order chi connectivity index (χ0) is 26.9. The number of benzene rings is 2. The maximum atomic E-state index is 13.7. The fourth-order valence-corrected chi connectivity index (χ4v) is 3.52. The highest BCUT2D eigenvalue weighted by Crippen LogP contribution is 2.41. The van der Waals surface area contributed by atoms with E-state index in [9.17, 15) is 18.8 Å². The Hall–Kier alpha value is -3.95. The Kier molecular flexibility index (Phi) is 7.11. The lowest BCUT2D eigenvalue weighted by molar-refractivity contribution is -0.161. The van der Waals surface area contributed by atoms with E-state index in [0.29, 0.717) is 0 Å². The summed E-state index contributed by atoms with van der Waals surface area (Å²) in [5.74, 6) is -1.61. The number of amidine groups is 1. The number of ether oxygens (including phenoxy) is 3. The Labute approximate surface area is 209 Å². The van der Waals surface area contributed by atoms with Gasteiger partial charge in [0.1, 0.15) is 17.0 Å². The van der Waals surface area contributed by atoms with Gasteiger partial charge in [0.05, 0.1) is 7.11 Å². The number of carbonyl (C=O) groups is 3. The number of methoxy groups -OCH3 is 1. The second-order valence-electron chi connectivity index (χ2n) is 10.1. The molecule has 0 aliphatic carbocycles. The van der Waals surface area contributed by atoms with E-state index >= 15 is 0 Å². The second-order valence-corrected chi connectivity index (χ2v) is 10.1. The molecule has 0 spiro atoms. The molecule has 2 aromatic rings. The number of hydrogen-bond donors (Lipinski definition) is 0. The molecule has 0 aromatic heterocycles. The van der Waals surface area contributed by atoms with Crippen LogP contribution in [0.15, 0.2) is 59.6 Å². The number of rotatable bonds is 3. The molecular formula is C26H30FN3O6. The van der Waals surface area contributed by atoms with Crippen LogP contribution in [-0.2, 0) is 24.7 Å². The molecule has 10 heteroatoms. The maximum Gasteiger partial charge on any atom is 0.435 e. The van der Waals surface area contributed by atoms with E-state index < -0.39 is 40.8 Å². The van der Waals surface area contributed by atoms with Crippen molar-refractivity contribution in [1.82, 2.24) is 10.0 Å². The van der Waals surface area contributed by atoms with Gasteiger partial charge in [0.15, 0.2) is 5.84 Å². The maximum absolute atomic E-state index is 13.7. The smallest absolute Gasteiger partial charge is 0.435 e. The van der Waals surface area contributed by atoms with Crippen LogP contribution in [0.5, 0.6) is 0 Å². The number of nitrogens with zero attached hydrogens (tertiary/aromatic N) is 3. The van der Waals surface area contributed by atoms with Crippen LogP contribution in [0.1, 0.15) is 52.7 Å². The van der Waals surface area contributed by atoms with Gasteiger partial charge in [-0.3, -0.25) is 0 Å². The van der Waals surface area contributed by atoms with E-state index in [2.05, 4.69) is 4.99 Å². The average molecular weight is 500 g/mol. The minimum atomic E-state index is -2.18. The Balaban J connectivity index is 2.37. The molecule has 0 N–H and O–H groups in total. The van der Waals surface area contributed by atoms with Crippen LogP contribution in [-0.4, -0.2) is 52.3 Å². The summed E-state index contributed by atoms with van der Waals surface area (Å²) in [5, 5.41) is 1.61. The molecule has 36 heavy (non-hydrogen) atoms. The second kappa shape index (κ2) is 9.60. The van der Waals surface area contributed by atoms with Crippen LogP contribution in [0.3, 0.4) is 0 Å². The number of carbonyl (C=O) groups excluding carboxylic acids is 3. The van der Waals surface area contributed by atoms with E-state index in [1.807, 2.05) is 0 Å². The number of hydrogen-bond acceptors (Lipinski definition) is 7. The van der Waals surface area contributed by atoms with Crippen LogP contribution in [0.2, 0.25) is 0 Å². The molecule has 0 saturated heterocycles. The van der Waals surface area contributed by atoms with Crippen LogP contribution in [0.25, 0.3) is 0 Å². The number of hydrazine groups is 1. The summed E-state index contributed by atoms with van der Waals surface area (Å²) in [6.07, 6.45) is -2.05. The summed E-state index contributed by atoms with van der Waals surface area (Å²) in [7, 11) is 1.14. The average Bonchev–Trinajstić information content (AvgIpc) is 3.15. The monoisotopic (exact) mass is 499 g/mol. The number of aliphatic imine (C=N–C) groups is 1. The third-order valence-corrected chi connectivity index (χ3v) is 4.86. The van der Waals surface area contributed by atoms with Crippen molar-refractivity contribution < 1.29 is 33.0 Å². The number of esters is 1. The van der Waals surface area contributed by atoms with Gasteiger partial charge in [-0.25, -0.2) is 23.8 Å². The molecule has 0 fully saturated rings. The molecule has 1 aliphatic heterocycles. The molecule has 0 saturated carbocycles. The molecule has 1 atom stereocenters. The summed E-state index contributed by atoms with van der Waals surface area (Å²) in [5.41, 5.74) is -3.66. The minimum absolute atomic E-state index is 0.135. The topological polar surface area (TPSA) is 97.7 Å². The Morgan fingerprint density at radius 2 is 1.36 bits per heavy atom. The predicted octanol–water partition coefficient (Wildman–Crippen LogP) is 5.00. The summed E-state index contributed by atoms with van der Waals surface area (Å²) in [4.78, 5) is 45.3. The number of halogens is 1. The minimum Gasteiger partial charge on any atom is -0.465 e. The first-order valence-corrected chi connectivity index (χ1v) is 11.3. The molecule has 2 amide bonds. The Bertz CT molecular complexity index is 1170. The van der Waals surface area contributed by atoms with E-state index in [-0.39, 0.29) is 17.0 Å². The Morgan fingerprint density at radius 3 is 1.86 bits per heavy atom. The van der Waals surface area contributed by atoms with Crippen LogP contribution in [0, 0.1) is 5.82 Å². The summed E-state index contributed by atoms with van der Waals surface area (Å²) in [6.45, 7) is 9.88. The molecule has 2 aromatic carbocycles. The van der Waals surface area contributed by atoms with Gasteiger partial charge < -0.3 is 14.2 Å². The van der Waals surface area contributed by atoms with Crippen molar-refractivity contribution in [3.05, 3.63) is 71.5 Å². The highest BCUT2D eigenvalue weighted by Gasteiger charge is 2.61. The van der Waals surface area contributed by atoms with Gasteiger partial charge in [0, 0.05) is 11.1 Å². The van der Waals surface area contributed by atoms with Gasteiger partial charge in [-0.05, 0) is 65.8 Å². The molecule has 1 heterocycles. The van der Waals surface area contributed by atoms with Crippen molar-refractivity contribution in [3.8, 4) is 0 Å². The molecule has 0 radical (unpaired) electrons. The van der Waals surface area contributed by atoms with Crippen molar-refractivity contribution in [2.24, 2.45) is 4.99 Å². The number of amides is 2. The molecular weight excluding hydrogens is 469 g/mol. The first-order chi connectivity index (χ1) is 16.7. The van der Waals surface area contributed by atoms with Crippen LogP contribution >= 0.6 is 0 Å². The largest absolute Gasteiger partial charge is 0.465 e. The lowest BCUT2D eigenvalue weighted by Crippen LogP contribution is -2.60. The van der Waals surface area contributed by atoms with Crippen LogP contribution in [0.4, 0.5) is 14.0 Å². The highest BCUT2D eigenvalue weighted by atomic mass is 19.1. The zero-order valence-corrected chi connectivity index (χ0v) is 21.4. The fourth-order valence-electron chi connectivity index (χ4n) is 3.52. The van der Waals surface area contributed by atoms with Crippen molar-refractivity contribution in [3.63, 3.8) is 0 Å². The summed E-state index contributed by atoms with van der Waals surface area (Å²) < 4.78 is 30.0. The van der Waals surface area contributed by atoms with Gasteiger partial charge in [-0.1, -0.05) is 30.3 Å². The van der Waals surface area contributed by atoms with Gasteiger partial charge >= 0.3 is 18.2 Å². The van der Waals surface area contributed by atoms with E-state index in [4.69, 9.17) is 14.2 Å². The third-order valence-electron chi connectivity index (χ3n) is 4.86. The van der Waals surface area contributed by atoms with Gasteiger partial charge in [0.2, 0.25) is 0 Å². The molecule has 0 bridgehead atoms. The molecule has 3 rings (SSSR count). The summed E-state index contributed by atoms with van der Waals surface area (Å²) >= 11 is 0. The third kappa shape index (κ3) is 5.32. The van der Waals surface area contributed by atoms with E-state index in [1.165, 1.54) is 24.3 Å². The molecule has 0 unspecified atom stereocenters. The molecule has 1 aliphatic rings. The van der Waals surface area contributed by atoms with E-state index in [0.717, 1.165) is 17.1 Å². The quantitative estimate of drug-likeness (QED) is 0.435. The summed E-state index contributed by atoms with van der Waals surface area (Å²) in [6, 6.07) is 13.2. The lowest BCUT2D eigenvalue weighted by atomic mass is 9.99. The van der Waals surface area contributed by atoms with Gasteiger partial charge in [0.25, 0.3) is 5.66 Å². The van der Waals surface area contributed by atoms with E-state index in [1.54, 1.807) is 71.9 Å². The van der Waals surface area contributed by atoms with Crippen molar-refractivity contribution in [2.45, 2.75) is 58.4 Å². The van der Waals surface area contributed by atoms with Gasteiger partial charge in [-0.15, -0.1) is 0 Å².